The topological polar surface area (TPSA) is 0 Å². The molecule has 0 aromatic heterocycles. The Morgan fingerprint density at radius 3 is 2.25 bits per heavy atom. The Bertz CT molecular complexity index is 267. The quantitative estimate of drug-likeness (QED) is 0.673. The first-order valence-electron chi connectivity index (χ1n) is 4.03. The predicted octanol–water partition coefficient (Wildman–Crippen LogP) is 3.71. The average molecular weight is 225 g/mol. The van der Waals surface area contributed by atoms with Gasteiger partial charge in [0.15, 0.2) is 0 Å². The van der Waals surface area contributed by atoms with E-state index >= 15 is 0 Å². The Balaban J connectivity index is 2.93. The van der Waals surface area contributed by atoms with Gasteiger partial charge in [-0.2, -0.15) is 0 Å². The zero-order valence-electron chi connectivity index (χ0n) is 7.47. The molecule has 0 saturated carbocycles. The molecule has 1 aromatic carbocycles. The van der Waals surface area contributed by atoms with E-state index < -0.39 is 0 Å². The Morgan fingerprint density at radius 1 is 1.17 bits per heavy atom. The monoisotopic (exact) mass is 224 g/mol. The lowest BCUT2D eigenvalue weighted by atomic mass is 10.1. The third-order valence-corrected chi connectivity index (χ3v) is 2.02. The molecule has 0 radical (unpaired) electrons. The van der Waals surface area contributed by atoms with Crippen molar-refractivity contribution in [1.82, 2.24) is 0 Å². The lowest BCUT2D eigenvalue weighted by Crippen LogP contribution is -1.79. The highest BCUT2D eigenvalue weighted by Gasteiger charge is 1.90. The Kier molecular flexibility index (Phi) is 3.54. The molecule has 0 fully saturated rings. The zero-order valence-corrected chi connectivity index (χ0v) is 9.06. The molecule has 1 aromatic rings. The van der Waals surface area contributed by atoms with Crippen molar-refractivity contribution < 1.29 is 0 Å². The maximum atomic E-state index is 3.36. The van der Waals surface area contributed by atoms with Crippen LogP contribution in [0.3, 0.4) is 0 Å². The Morgan fingerprint density at radius 2 is 1.75 bits per heavy atom. The Labute approximate surface area is 82.4 Å². The predicted molar refractivity (Wildman–Crippen MR) is 58.7 cm³/mol. The molecule has 0 saturated heterocycles. The van der Waals surface area contributed by atoms with Gasteiger partial charge in [-0.15, -0.1) is 0 Å². The fourth-order valence-electron chi connectivity index (χ4n) is 1.29. The number of aryl methyl sites for hydroxylation is 2. The lowest BCUT2D eigenvalue weighted by Gasteiger charge is -1.98. The molecule has 64 valence electrons. The number of hydrogen-bond donors (Lipinski definition) is 0. The SMILES string of the molecule is Cc1cc(C)cc(C=CCBr)c1. The molecule has 0 unspecified atom stereocenters. The van der Waals surface area contributed by atoms with Crippen LogP contribution in [-0.4, -0.2) is 5.33 Å². The van der Waals surface area contributed by atoms with Crippen LogP contribution in [0.25, 0.3) is 6.08 Å². The van der Waals surface area contributed by atoms with Crippen LogP contribution in [0, 0.1) is 13.8 Å². The number of halogens is 1. The molecule has 0 spiro atoms. The molecule has 0 atom stereocenters. The molecule has 0 aliphatic rings. The van der Waals surface area contributed by atoms with Gasteiger partial charge >= 0.3 is 0 Å². The third kappa shape index (κ3) is 2.82. The smallest absolute Gasteiger partial charge is 0.0215 e. The minimum absolute atomic E-state index is 0.917. The van der Waals surface area contributed by atoms with Gasteiger partial charge in [0.05, 0.1) is 0 Å². The number of rotatable bonds is 2. The molecule has 0 aliphatic heterocycles. The van der Waals surface area contributed by atoms with E-state index in [0.717, 1.165) is 5.33 Å². The summed E-state index contributed by atoms with van der Waals surface area (Å²) >= 11 is 3.36. The van der Waals surface area contributed by atoms with E-state index in [1.54, 1.807) is 0 Å². The van der Waals surface area contributed by atoms with Gasteiger partial charge in [0.2, 0.25) is 0 Å². The number of benzene rings is 1. The molecule has 0 N–H and O–H groups in total. The summed E-state index contributed by atoms with van der Waals surface area (Å²) in [6, 6.07) is 6.56. The van der Waals surface area contributed by atoms with Crippen molar-refractivity contribution in [3.05, 3.63) is 41.0 Å². The average Bonchev–Trinajstić information content (AvgIpc) is 1.99. The molecule has 0 aliphatic carbocycles. The molecular formula is C11H13Br. The highest BCUT2D eigenvalue weighted by molar-refractivity contribution is 9.09. The molecule has 0 bridgehead atoms. The van der Waals surface area contributed by atoms with E-state index in [1.807, 2.05) is 0 Å². The maximum Gasteiger partial charge on any atom is 0.0215 e. The van der Waals surface area contributed by atoms with Gasteiger partial charge in [-0.05, 0) is 19.4 Å². The van der Waals surface area contributed by atoms with Crippen LogP contribution in [0.5, 0.6) is 0 Å². The van der Waals surface area contributed by atoms with Crippen molar-refractivity contribution in [3.63, 3.8) is 0 Å². The van der Waals surface area contributed by atoms with Crippen molar-refractivity contribution in [1.29, 1.82) is 0 Å². The summed E-state index contributed by atoms with van der Waals surface area (Å²) in [5, 5.41) is 0.917. The molecule has 0 amide bonds. The Hall–Kier alpha value is -0.560. The number of hydrogen-bond acceptors (Lipinski definition) is 0. The van der Waals surface area contributed by atoms with E-state index in [9.17, 15) is 0 Å². The van der Waals surface area contributed by atoms with Gasteiger partial charge in [-0.3, -0.25) is 0 Å². The van der Waals surface area contributed by atoms with Crippen molar-refractivity contribution in [3.8, 4) is 0 Å². The first-order valence-corrected chi connectivity index (χ1v) is 5.15. The second-order valence-corrected chi connectivity index (χ2v) is 3.63. The summed E-state index contributed by atoms with van der Waals surface area (Å²) in [6.07, 6.45) is 4.24. The van der Waals surface area contributed by atoms with Crippen LogP contribution in [-0.2, 0) is 0 Å². The molecular weight excluding hydrogens is 212 g/mol. The second kappa shape index (κ2) is 4.46. The normalized spacial score (nSPS) is 10.9. The first-order chi connectivity index (χ1) is 5.72. The highest BCUT2D eigenvalue weighted by atomic mass is 79.9. The third-order valence-electron chi connectivity index (χ3n) is 1.64. The fraction of sp³-hybridized carbons (Fsp3) is 0.273. The fourth-order valence-corrected chi connectivity index (χ4v) is 1.47. The number of alkyl halides is 1. The van der Waals surface area contributed by atoms with Crippen LogP contribution in [0.2, 0.25) is 0 Å². The summed E-state index contributed by atoms with van der Waals surface area (Å²) in [6.45, 7) is 4.25. The van der Waals surface area contributed by atoms with E-state index in [4.69, 9.17) is 0 Å². The second-order valence-electron chi connectivity index (χ2n) is 2.98. The van der Waals surface area contributed by atoms with E-state index in [-0.39, 0.29) is 0 Å². The molecule has 1 heteroatoms. The van der Waals surface area contributed by atoms with Crippen LogP contribution in [0.15, 0.2) is 24.3 Å². The molecule has 0 nitrogen and oxygen atoms in total. The summed E-state index contributed by atoms with van der Waals surface area (Å²) in [5.74, 6) is 0. The molecule has 12 heavy (non-hydrogen) atoms. The lowest BCUT2D eigenvalue weighted by molar-refractivity contribution is 1.37. The maximum absolute atomic E-state index is 3.36. The van der Waals surface area contributed by atoms with Crippen LogP contribution >= 0.6 is 15.9 Å². The van der Waals surface area contributed by atoms with E-state index in [0.29, 0.717) is 0 Å². The first kappa shape index (κ1) is 9.53. The van der Waals surface area contributed by atoms with Crippen molar-refractivity contribution in [2.45, 2.75) is 13.8 Å². The van der Waals surface area contributed by atoms with Crippen molar-refractivity contribution >= 4 is 22.0 Å². The van der Waals surface area contributed by atoms with Gasteiger partial charge in [-0.25, -0.2) is 0 Å². The summed E-state index contributed by atoms with van der Waals surface area (Å²) in [4.78, 5) is 0. The van der Waals surface area contributed by atoms with E-state index in [1.165, 1.54) is 16.7 Å². The van der Waals surface area contributed by atoms with Gasteiger partial charge in [0, 0.05) is 5.33 Å². The van der Waals surface area contributed by atoms with Gasteiger partial charge < -0.3 is 0 Å². The van der Waals surface area contributed by atoms with Gasteiger partial charge in [-0.1, -0.05) is 57.4 Å². The van der Waals surface area contributed by atoms with Gasteiger partial charge in [0.1, 0.15) is 0 Å². The highest BCUT2D eigenvalue weighted by Crippen LogP contribution is 2.10. The van der Waals surface area contributed by atoms with Crippen LogP contribution < -0.4 is 0 Å². The van der Waals surface area contributed by atoms with Gasteiger partial charge in [0.25, 0.3) is 0 Å². The zero-order chi connectivity index (χ0) is 8.97. The molecule has 1 rings (SSSR count). The van der Waals surface area contributed by atoms with Crippen molar-refractivity contribution in [2.75, 3.05) is 5.33 Å². The minimum Gasteiger partial charge on any atom is -0.0883 e. The standard InChI is InChI=1S/C11H13Br/c1-9-6-10(2)8-11(7-9)4-3-5-12/h3-4,6-8H,5H2,1-2H3. The summed E-state index contributed by atoms with van der Waals surface area (Å²) in [5.41, 5.74) is 3.93. The minimum atomic E-state index is 0.917. The summed E-state index contributed by atoms with van der Waals surface area (Å²) < 4.78 is 0. The summed E-state index contributed by atoms with van der Waals surface area (Å²) in [7, 11) is 0. The largest absolute Gasteiger partial charge is 0.0883 e. The van der Waals surface area contributed by atoms with Crippen molar-refractivity contribution in [2.24, 2.45) is 0 Å². The number of allylic oxidation sites excluding steroid dienone is 1. The van der Waals surface area contributed by atoms with Crippen LogP contribution in [0.1, 0.15) is 16.7 Å². The van der Waals surface area contributed by atoms with E-state index in [2.05, 4.69) is 60.1 Å². The molecule has 0 heterocycles. The van der Waals surface area contributed by atoms with Crippen LogP contribution in [0.4, 0.5) is 0 Å².